The Labute approximate surface area is 183 Å². The first-order valence-corrected chi connectivity index (χ1v) is 10.0. The molecule has 1 aromatic heterocycles. The van der Waals surface area contributed by atoms with E-state index < -0.39 is 11.6 Å². The lowest BCUT2D eigenvalue weighted by Gasteiger charge is -2.10. The van der Waals surface area contributed by atoms with E-state index in [1.807, 2.05) is 37.3 Å². The second-order valence-corrected chi connectivity index (χ2v) is 7.28. The van der Waals surface area contributed by atoms with Crippen molar-refractivity contribution < 1.29 is 23.4 Å². The number of esters is 1. The van der Waals surface area contributed by atoms with E-state index in [1.165, 1.54) is 6.08 Å². The van der Waals surface area contributed by atoms with E-state index in [0.29, 0.717) is 34.0 Å². The van der Waals surface area contributed by atoms with E-state index in [0.717, 1.165) is 16.5 Å². The lowest BCUT2D eigenvalue weighted by atomic mass is 9.99. The highest BCUT2D eigenvalue weighted by atomic mass is 16.7. The molecule has 1 aliphatic rings. The number of benzene rings is 3. The van der Waals surface area contributed by atoms with Crippen molar-refractivity contribution in [2.75, 3.05) is 6.79 Å². The molecule has 0 aliphatic carbocycles. The summed E-state index contributed by atoms with van der Waals surface area (Å²) in [5, 5.41) is 0.747. The minimum Gasteiger partial charge on any atom is -0.454 e. The fourth-order valence-electron chi connectivity index (χ4n) is 3.66. The first-order chi connectivity index (χ1) is 15.6. The fraction of sp³-hybridized carbons (Fsp3) is 0.0769. The quantitative estimate of drug-likeness (QED) is 0.195. The van der Waals surface area contributed by atoms with E-state index in [2.05, 4.69) is 0 Å². The summed E-state index contributed by atoms with van der Waals surface area (Å²) in [4.78, 5) is 25.0. The van der Waals surface area contributed by atoms with Crippen LogP contribution in [-0.2, 0) is 4.79 Å². The Balaban J connectivity index is 1.44. The average Bonchev–Trinajstić information content (AvgIpc) is 3.26. The molecule has 0 atom stereocenters. The molecule has 6 nitrogen and oxygen atoms in total. The van der Waals surface area contributed by atoms with E-state index in [-0.39, 0.29) is 6.79 Å². The number of carbonyl (C=O) groups is 1. The first-order valence-electron chi connectivity index (χ1n) is 10.0. The van der Waals surface area contributed by atoms with Gasteiger partial charge in [0.05, 0.1) is 5.56 Å². The van der Waals surface area contributed by atoms with Gasteiger partial charge >= 0.3 is 11.6 Å². The minimum atomic E-state index is -0.524. The maximum atomic E-state index is 12.8. The molecule has 0 unspecified atom stereocenters. The lowest BCUT2D eigenvalue weighted by molar-refractivity contribution is -0.128. The third kappa shape index (κ3) is 3.74. The van der Waals surface area contributed by atoms with Crippen molar-refractivity contribution in [1.29, 1.82) is 0 Å². The summed E-state index contributed by atoms with van der Waals surface area (Å²) in [5.41, 5.74) is 2.64. The van der Waals surface area contributed by atoms with Gasteiger partial charge in [-0.2, -0.15) is 0 Å². The number of aryl methyl sites for hydroxylation is 1. The average molecular weight is 426 g/mol. The summed E-state index contributed by atoms with van der Waals surface area (Å²) in [6.45, 7) is 2.01. The summed E-state index contributed by atoms with van der Waals surface area (Å²) in [6.07, 6.45) is 3.02. The summed E-state index contributed by atoms with van der Waals surface area (Å²) in [5.74, 6) is 0.999. The Kier molecular flexibility index (Phi) is 4.95. The molecule has 0 saturated heterocycles. The Morgan fingerprint density at radius 2 is 1.78 bits per heavy atom. The highest BCUT2D eigenvalue weighted by Gasteiger charge is 2.19. The Morgan fingerprint density at radius 3 is 2.62 bits per heavy atom. The zero-order valence-electron chi connectivity index (χ0n) is 17.2. The number of rotatable bonds is 4. The molecule has 1 aliphatic heterocycles. The second-order valence-electron chi connectivity index (χ2n) is 7.28. The maximum absolute atomic E-state index is 12.8. The first kappa shape index (κ1) is 19.6. The van der Waals surface area contributed by atoms with Gasteiger partial charge in [0.1, 0.15) is 11.3 Å². The SMILES string of the molecule is Cc1c(-c2ccc3c(c2)OCO3)c(=O)oc2cc(OC(=O)C=Cc3ccccc3)ccc12. The van der Waals surface area contributed by atoms with Crippen molar-refractivity contribution in [2.24, 2.45) is 0 Å². The molecule has 0 amide bonds. The summed E-state index contributed by atoms with van der Waals surface area (Å²) in [7, 11) is 0. The summed E-state index contributed by atoms with van der Waals surface area (Å²) >= 11 is 0. The van der Waals surface area contributed by atoms with Crippen molar-refractivity contribution in [3.05, 3.63) is 94.4 Å². The number of carbonyl (C=O) groups excluding carboxylic acids is 1. The van der Waals surface area contributed by atoms with E-state index in [4.69, 9.17) is 18.6 Å². The molecular formula is C26H18O6. The predicted octanol–water partition coefficient (Wildman–Crippen LogP) is 5.12. The third-order valence-corrected chi connectivity index (χ3v) is 5.23. The van der Waals surface area contributed by atoms with Crippen molar-refractivity contribution in [2.45, 2.75) is 6.92 Å². The van der Waals surface area contributed by atoms with Crippen LogP contribution in [0.3, 0.4) is 0 Å². The second kappa shape index (κ2) is 8.07. The molecule has 0 radical (unpaired) electrons. The molecule has 0 spiro atoms. The largest absolute Gasteiger partial charge is 0.454 e. The number of fused-ring (bicyclic) bond motifs is 2. The normalized spacial score (nSPS) is 12.4. The van der Waals surface area contributed by atoms with Crippen LogP contribution in [0, 0.1) is 6.92 Å². The van der Waals surface area contributed by atoms with Crippen molar-refractivity contribution in [3.8, 4) is 28.4 Å². The van der Waals surface area contributed by atoms with Crippen LogP contribution < -0.4 is 19.8 Å². The van der Waals surface area contributed by atoms with Gasteiger partial charge in [-0.15, -0.1) is 0 Å². The molecule has 158 valence electrons. The van der Waals surface area contributed by atoms with Gasteiger partial charge in [0.2, 0.25) is 6.79 Å². The molecule has 0 saturated carbocycles. The highest BCUT2D eigenvalue weighted by Crippen LogP contribution is 2.37. The standard InChI is InChI=1S/C26H18O6/c1-16-20-10-9-19(31-24(27)12-7-17-5-3-2-4-6-17)14-22(20)32-26(28)25(16)18-8-11-21-23(13-18)30-15-29-21/h2-14H,15H2,1H3. The molecule has 0 bridgehead atoms. The van der Waals surface area contributed by atoms with Crippen LogP contribution in [-0.4, -0.2) is 12.8 Å². The zero-order chi connectivity index (χ0) is 22.1. The van der Waals surface area contributed by atoms with Gasteiger partial charge in [-0.25, -0.2) is 9.59 Å². The Bertz CT molecular complexity index is 1420. The summed E-state index contributed by atoms with van der Waals surface area (Å²) in [6, 6.07) is 19.8. The fourth-order valence-corrected chi connectivity index (χ4v) is 3.66. The van der Waals surface area contributed by atoms with Gasteiger partial charge in [-0.05, 0) is 54.0 Å². The molecule has 5 rings (SSSR count). The molecule has 0 fully saturated rings. The van der Waals surface area contributed by atoms with Crippen LogP contribution in [0.25, 0.3) is 28.2 Å². The topological polar surface area (TPSA) is 75.0 Å². The highest BCUT2D eigenvalue weighted by molar-refractivity contribution is 5.91. The van der Waals surface area contributed by atoms with Crippen LogP contribution in [0.2, 0.25) is 0 Å². The number of hydrogen-bond donors (Lipinski definition) is 0. The molecule has 2 heterocycles. The Hall–Kier alpha value is -4.32. The summed E-state index contributed by atoms with van der Waals surface area (Å²) < 4.78 is 21.7. The van der Waals surface area contributed by atoms with Gasteiger partial charge in [-0.3, -0.25) is 0 Å². The van der Waals surface area contributed by atoms with Gasteiger partial charge < -0.3 is 18.6 Å². The molecule has 32 heavy (non-hydrogen) atoms. The zero-order valence-corrected chi connectivity index (χ0v) is 17.2. The monoisotopic (exact) mass is 426 g/mol. The van der Waals surface area contributed by atoms with Crippen molar-refractivity contribution in [3.63, 3.8) is 0 Å². The van der Waals surface area contributed by atoms with Crippen LogP contribution in [0.4, 0.5) is 0 Å². The van der Waals surface area contributed by atoms with Crippen LogP contribution in [0.15, 0.2) is 82.0 Å². The molecular weight excluding hydrogens is 408 g/mol. The van der Waals surface area contributed by atoms with Gasteiger partial charge in [-0.1, -0.05) is 36.4 Å². The number of hydrogen-bond acceptors (Lipinski definition) is 6. The van der Waals surface area contributed by atoms with Gasteiger partial charge in [0, 0.05) is 17.5 Å². The molecule has 3 aromatic carbocycles. The minimum absolute atomic E-state index is 0.159. The van der Waals surface area contributed by atoms with E-state index in [1.54, 1.807) is 42.5 Å². The number of ether oxygens (including phenoxy) is 3. The Morgan fingerprint density at radius 1 is 0.969 bits per heavy atom. The van der Waals surface area contributed by atoms with Gasteiger partial charge in [0.15, 0.2) is 11.5 Å². The molecule has 4 aromatic rings. The maximum Gasteiger partial charge on any atom is 0.344 e. The third-order valence-electron chi connectivity index (χ3n) is 5.23. The van der Waals surface area contributed by atoms with Crippen LogP contribution in [0.5, 0.6) is 17.2 Å². The van der Waals surface area contributed by atoms with Crippen molar-refractivity contribution in [1.82, 2.24) is 0 Å². The van der Waals surface area contributed by atoms with E-state index >= 15 is 0 Å². The van der Waals surface area contributed by atoms with E-state index in [9.17, 15) is 9.59 Å². The smallest absolute Gasteiger partial charge is 0.344 e. The molecule has 0 N–H and O–H groups in total. The lowest BCUT2D eigenvalue weighted by Crippen LogP contribution is -2.07. The van der Waals surface area contributed by atoms with Gasteiger partial charge in [0.25, 0.3) is 0 Å². The molecule has 6 heteroatoms. The van der Waals surface area contributed by atoms with Crippen molar-refractivity contribution >= 4 is 23.0 Å². The predicted molar refractivity (Wildman–Crippen MR) is 120 cm³/mol. The van der Waals surface area contributed by atoms with Crippen LogP contribution in [0.1, 0.15) is 11.1 Å². The van der Waals surface area contributed by atoms with Crippen LogP contribution >= 0.6 is 0 Å².